The molecule has 1 aromatic heterocycles. The lowest BCUT2D eigenvalue weighted by Gasteiger charge is -2.33. The number of fused-ring (bicyclic) bond motifs is 3. The minimum absolute atomic E-state index is 0.0882. The molecule has 0 saturated carbocycles. The maximum Gasteiger partial charge on any atom is 0.264 e. The van der Waals surface area contributed by atoms with Crippen LogP contribution < -0.4 is 0 Å². The lowest BCUT2D eigenvalue weighted by molar-refractivity contribution is -0.130. The normalized spacial score (nSPS) is 16.5. The largest absolute Gasteiger partial charge is 0.339 e. The van der Waals surface area contributed by atoms with E-state index in [2.05, 4.69) is 30.3 Å². The zero-order chi connectivity index (χ0) is 16.7. The van der Waals surface area contributed by atoms with E-state index < -0.39 is 0 Å². The van der Waals surface area contributed by atoms with Crippen LogP contribution >= 0.6 is 11.3 Å². The summed E-state index contributed by atoms with van der Waals surface area (Å²) in [4.78, 5) is 30.0. The van der Waals surface area contributed by atoms with Crippen molar-refractivity contribution in [1.82, 2.24) is 9.80 Å². The number of nitrogens with zero attached hydrogens (tertiary/aromatic N) is 2. The van der Waals surface area contributed by atoms with Crippen LogP contribution in [0.25, 0.3) is 10.4 Å². The first kappa shape index (κ1) is 15.4. The molecule has 4 rings (SSSR count). The summed E-state index contributed by atoms with van der Waals surface area (Å²) in [5.41, 5.74) is 3.95. The van der Waals surface area contributed by atoms with Crippen LogP contribution in [-0.2, 0) is 17.6 Å². The second-order valence-electron chi connectivity index (χ2n) is 6.42. The number of aryl methyl sites for hydroxylation is 2. The van der Waals surface area contributed by atoms with Crippen molar-refractivity contribution >= 4 is 23.2 Å². The van der Waals surface area contributed by atoms with Crippen molar-refractivity contribution in [3.05, 3.63) is 46.3 Å². The van der Waals surface area contributed by atoms with Gasteiger partial charge in [0, 0.05) is 38.0 Å². The summed E-state index contributed by atoms with van der Waals surface area (Å²) in [6.07, 6.45) is 2.05. The van der Waals surface area contributed by atoms with Crippen LogP contribution in [0, 0.1) is 0 Å². The molecule has 1 aromatic carbocycles. The van der Waals surface area contributed by atoms with E-state index in [1.54, 1.807) is 23.2 Å². The molecule has 1 fully saturated rings. The molecule has 2 amide bonds. The first-order valence-electron chi connectivity index (χ1n) is 8.39. The zero-order valence-electron chi connectivity index (χ0n) is 13.7. The summed E-state index contributed by atoms with van der Waals surface area (Å²) in [6.45, 7) is 4.10. The van der Waals surface area contributed by atoms with Crippen molar-refractivity contribution in [2.75, 3.05) is 26.2 Å². The molecule has 0 N–H and O–H groups in total. The van der Waals surface area contributed by atoms with Crippen LogP contribution in [0.3, 0.4) is 0 Å². The van der Waals surface area contributed by atoms with E-state index in [0.717, 1.165) is 17.7 Å². The Labute approximate surface area is 145 Å². The molecule has 1 aliphatic carbocycles. The Morgan fingerprint density at radius 3 is 2.38 bits per heavy atom. The number of benzene rings is 1. The summed E-state index contributed by atoms with van der Waals surface area (Å²) in [5.74, 6) is 0.195. The van der Waals surface area contributed by atoms with Crippen molar-refractivity contribution in [3.8, 4) is 10.4 Å². The standard InChI is InChI=1S/C19H20N2O2S/c1-13(22)20-8-10-21(11-9-20)19(23)17-12-15-7-6-14-4-2-3-5-16(14)18(15)24-17/h2-5,12H,6-11H2,1H3. The molecule has 4 nitrogen and oxygen atoms in total. The molecule has 5 heteroatoms. The van der Waals surface area contributed by atoms with Crippen molar-refractivity contribution in [1.29, 1.82) is 0 Å². The SMILES string of the molecule is CC(=O)N1CCN(C(=O)c2cc3c(s2)-c2ccccc2CC3)CC1. The van der Waals surface area contributed by atoms with E-state index in [0.29, 0.717) is 26.2 Å². The monoisotopic (exact) mass is 340 g/mol. The van der Waals surface area contributed by atoms with Gasteiger partial charge >= 0.3 is 0 Å². The van der Waals surface area contributed by atoms with Gasteiger partial charge in [-0.3, -0.25) is 9.59 Å². The Morgan fingerprint density at radius 2 is 1.62 bits per heavy atom. The van der Waals surface area contributed by atoms with Gasteiger partial charge in [0.15, 0.2) is 0 Å². The van der Waals surface area contributed by atoms with Gasteiger partial charge in [-0.2, -0.15) is 0 Å². The second kappa shape index (κ2) is 6.06. The molecule has 2 heterocycles. The molecule has 2 aliphatic rings. The highest BCUT2D eigenvalue weighted by Gasteiger charge is 2.27. The molecular formula is C19H20N2O2S. The van der Waals surface area contributed by atoms with Gasteiger partial charge in [-0.15, -0.1) is 11.3 Å². The number of carbonyl (C=O) groups excluding carboxylic acids is 2. The molecule has 0 radical (unpaired) electrons. The highest BCUT2D eigenvalue weighted by molar-refractivity contribution is 7.17. The fourth-order valence-corrected chi connectivity index (χ4v) is 4.80. The minimum atomic E-state index is 0.0882. The molecule has 0 atom stereocenters. The lowest BCUT2D eigenvalue weighted by atomic mass is 9.91. The highest BCUT2D eigenvalue weighted by Crippen LogP contribution is 2.39. The molecule has 1 saturated heterocycles. The van der Waals surface area contributed by atoms with Gasteiger partial charge in [0.1, 0.15) is 0 Å². The number of hydrogen-bond acceptors (Lipinski definition) is 3. The fraction of sp³-hybridized carbons (Fsp3) is 0.368. The van der Waals surface area contributed by atoms with Crippen LogP contribution in [0.15, 0.2) is 30.3 Å². The maximum absolute atomic E-state index is 12.8. The average molecular weight is 340 g/mol. The first-order chi connectivity index (χ1) is 11.6. The van der Waals surface area contributed by atoms with Crippen molar-refractivity contribution < 1.29 is 9.59 Å². The Morgan fingerprint density at radius 1 is 0.958 bits per heavy atom. The number of rotatable bonds is 1. The Balaban J connectivity index is 1.56. The quantitative estimate of drug-likeness (QED) is 0.801. The number of amides is 2. The Bertz CT molecular complexity index is 803. The molecule has 24 heavy (non-hydrogen) atoms. The van der Waals surface area contributed by atoms with Crippen LogP contribution in [0.2, 0.25) is 0 Å². The lowest BCUT2D eigenvalue weighted by Crippen LogP contribution is -2.49. The third-order valence-electron chi connectivity index (χ3n) is 4.96. The Kier molecular flexibility index (Phi) is 3.88. The maximum atomic E-state index is 12.8. The second-order valence-corrected chi connectivity index (χ2v) is 7.47. The molecule has 1 aliphatic heterocycles. The van der Waals surface area contributed by atoms with Gasteiger partial charge in [0.05, 0.1) is 4.88 Å². The van der Waals surface area contributed by atoms with E-state index in [1.165, 1.54) is 21.6 Å². The van der Waals surface area contributed by atoms with Gasteiger partial charge in [0.2, 0.25) is 5.91 Å². The Hall–Kier alpha value is -2.14. The predicted molar refractivity (Wildman–Crippen MR) is 95.3 cm³/mol. The molecule has 124 valence electrons. The van der Waals surface area contributed by atoms with Gasteiger partial charge in [0.25, 0.3) is 5.91 Å². The average Bonchev–Trinajstić information content (AvgIpc) is 3.06. The summed E-state index contributed by atoms with van der Waals surface area (Å²) in [5, 5.41) is 0. The predicted octanol–water partition coefficient (Wildman–Crippen LogP) is 2.82. The molecule has 0 unspecified atom stereocenters. The molecule has 2 aromatic rings. The third kappa shape index (κ3) is 2.63. The van der Waals surface area contributed by atoms with Crippen LogP contribution in [0.4, 0.5) is 0 Å². The zero-order valence-corrected chi connectivity index (χ0v) is 14.6. The smallest absolute Gasteiger partial charge is 0.264 e. The van der Waals surface area contributed by atoms with E-state index in [1.807, 2.05) is 4.90 Å². The van der Waals surface area contributed by atoms with Crippen LogP contribution in [-0.4, -0.2) is 47.8 Å². The van der Waals surface area contributed by atoms with Crippen LogP contribution in [0.1, 0.15) is 27.7 Å². The number of carbonyl (C=O) groups is 2. The minimum Gasteiger partial charge on any atom is -0.339 e. The molecule has 0 bridgehead atoms. The molecule has 0 spiro atoms. The van der Waals surface area contributed by atoms with Gasteiger partial charge < -0.3 is 9.80 Å². The van der Waals surface area contributed by atoms with E-state index in [4.69, 9.17) is 0 Å². The van der Waals surface area contributed by atoms with E-state index in [9.17, 15) is 9.59 Å². The first-order valence-corrected chi connectivity index (χ1v) is 9.21. The van der Waals surface area contributed by atoms with Crippen molar-refractivity contribution in [2.24, 2.45) is 0 Å². The number of piperazine rings is 1. The number of hydrogen-bond donors (Lipinski definition) is 0. The van der Waals surface area contributed by atoms with Gasteiger partial charge in [-0.05, 0) is 35.6 Å². The van der Waals surface area contributed by atoms with E-state index in [-0.39, 0.29) is 11.8 Å². The van der Waals surface area contributed by atoms with Crippen molar-refractivity contribution in [2.45, 2.75) is 19.8 Å². The summed E-state index contributed by atoms with van der Waals surface area (Å²) in [6, 6.07) is 10.6. The fourth-order valence-electron chi connectivity index (χ4n) is 3.56. The van der Waals surface area contributed by atoms with Gasteiger partial charge in [-0.1, -0.05) is 24.3 Å². The topological polar surface area (TPSA) is 40.6 Å². The number of thiophene rings is 1. The summed E-state index contributed by atoms with van der Waals surface area (Å²) >= 11 is 1.62. The van der Waals surface area contributed by atoms with E-state index >= 15 is 0 Å². The molecular weight excluding hydrogens is 320 g/mol. The summed E-state index contributed by atoms with van der Waals surface area (Å²) in [7, 11) is 0. The highest BCUT2D eigenvalue weighted by atomic mass is 32.1. The summed E-state index contributed by atoms with van der Waals surface area (Å²) < 4.78 is 0. The van der Waals surface area contributed by atoms with Gasteiger partial charge in [-0.25, -0.2) is 0 Å². The van der Waals surface area contributed by atoms with Crippen molar-refractivity contribution in [3.63, 3.8) is 0 Å². The van der Waals surface area contributed by atoms with Crippen LogP contribution in [0.5, 0.6) is 0 Å². The third-order valence-corrected chi connectivity index (χ3v) is 6.16.